The number of benzene rings is 9. The van der Waals surface area contributed by atoms with Crippen LogP contribution in [0.5, 0.6) is 0 Å². The SMILES string of the molecule is C1=C(c2ccc(-n3c4ccccc4c4ccccc43)cc2)CCC(C2(c3ccc(-c4ccc(-n5c6ccccc6c6ccccc65)cc4)cc3)c3ccccc3-c3ccccc32)=C1. The molecule has 63 heavy (non-hydrogen) atoms. The van der Waals surface area contributed by atoms with Crippen molar-refractivity contribution in [2.45, 2.75) is 18.3 Å². The van der Waals surface area contributed by atoms with Gasteiger partial charge in [0.25, 0.3) is 0 Å². The molecule has 2 aliphatic rings. The molecule has 0 N–H and O–H groups in total. The molecule has 9 aromatic carbocycles. The molecule has 0 atom stereocenters. The molecule has 0 radical (unpaired) electrons. The van der Waals surface area contributed by atoms with Gasteiger partial charge in [-0.05, 0) is 111 Å². The molecule has 2 heteroatoms. The van der Waals surface area contributed by atoms with E-state index in [1.165, 1.54) is 111 Å². The summed E-state index contributed by atoms with van der Waals surface area (Å²) >= 11 is 0. The lowest BCUT2D eigenvalue weighted by Crippen LogP contribution is -2.30. The van der Waals surface area contributed by atoms with Gasteiger partial charge in [-0.3, -0.25) is 0 Å². The van der Waals surface area contributed by atoms with Crippen LogP contribution in [0.15, 0.2) is 236 Å². The zero-order chi connectivity index (χ0) is 41.5. The molecular formula is C61H42N2. The topological polar surface area (TPSA) is 9.86 Å². The molecule has 11 aromatic rings. The molecule has 0 aliphatic heterocycles. The minimum absolute atomic E-state index is 0.394. The normalized spacial score (nSPS) is 14.2. The van der Waals surface area contributed by atoms with Crippen LogP contribution in [0, 0.1) is 0 Å². The minimum Gasteiger partial charge on any atom is -0.309 e. The molecule has 0 fully saturated rings. The average Bonchev–Trinajstić information content (AvgIpc) is 3.99. The largest absolute Gasteiger partial charge is 0.309 e. The van der Waals surface area contributed by atoms with E-state index in [4.69, 9.17) is 0 Å². The van der Waals surface area contributed by atoms with Crippen LogP contribution in [0.4, 0.5) is 0 Å². The summed E-state index contributed by atoms with van der Waals surface area (Å²) in [5.74, 6) is 0. The second-order valence-electron chi connectivity index (χ2n) is 17.1. The van der Waals surface area contributed by atoms with Gasteiger partial charge in [0.05, 0.1) is 27.5 Å². The molecule has 0 unspecified atom stereocenters. The number of hydrogen-bond acceptors (Lipinski definition) is 0. The van der Waals surface area contributed by atoms with Crippen LogP contribution in [0.2, 0.25) is 0 Å². The van der Waals surface area contributed by atoms with Crippen LogP contribution in [0.1, 0.15) is 35.1 Å². The summed E-state index contributed by atoms with van der Waals surface area (Å²) in [5, 5.41) is 5.13. The first-order chi connectivity index (χ1) is 31.3. The summed E-state index contributed by atoms with van der Waals surface area (Å²) in [6.07, 6.45) is 6.78. The highest BCUT2D eigenvalue weighted by Crippen LogP contribution is 2.58. The molecule has 0 saturated heterocycles. The highest BCUT2D eigenvalue weighted by molar-refractivity contribution is 6.10. The van der Waals surface area contributed by atoms with Crippen molar-refractivity contribution in [3.8, 4) is 33.6 Å². The molecule has 13 rings (SSSR count). The number of para-hydroxylation sites is 4. The third-order valence-electron chi connectivity index (χ3n) is 14.0. The van der Waals surface area contributed by atoms with Crippen molar-refractivity contribution < 1.29 is 0 Å². The smallest absolute Gasteiger partial charge is 0.0676 e. The summed E-state index contributed by atoms with van der Waals surface area (Å²) < 4.78 is 4.78. The number of nitrogens with zero attached hydrogens (tertiary/aromatic N) is 2. The van der Waals surface area contributed by atoms with Crippen molar-refractivity contribution in [1.29, 1.82) is 0 Å². The van der Waals surface area contributed by atoms with Gasteiger partial charge < -0.3 is 9.13 Å². The van der Waals surface area contributed by atoms with Crippen molar-refractivity contribution >= 4 is 49.2 Å². The van der Waals surface area contributed by atoms with Gasteiger partial charge in [-0.1, -0.05) is 188 Å². The van der Waals surface area contributed by atoms with E-state index >= 15 is 0 Å². The predicted molar refractivity (Wildman–Crippen MR) is 264 cm³/mol. The highest BCUT2D eigenvalue weighted by atomic mass is 15.0. The van der Waals surface area contributed by atoms with Crippen LogP contribution in [-0.2, 0) is 5.41 Å². The van der Waals surface area contributed by atoms with Crippen LogP contribution in [0.3, 0.4) is 0 Å². The van der Waals surface area contributed by atoms with Crippen LogP contribution in [0.25, 0.3) is 82.8 Å². The summed E-state index contributed by atoms with van der Waals surface area (Å²) in [6.45, 7) is 0. The summed E-state index contributed by atoms with van der Waals surface area (Å²) in [5.41, 5.74) is 20.1. The number of hydrogen-bond donors (Lipinski definition) is 0. The van der Waals surface area contributed by atoms with Gasteiger partial charge in [0.1, 0.15) is 0 Å². The summed E-state index contributed by atoms with van der Waals surface area (Å²) in [7, 11) is 0. The third kappa shape index (κ3) is 5.31. The van der Waals surface area contributed by atoms with E-state index < -0.39 is 5.41 Å². The van der Waals surface area contributed by atoms with Gasteiger partial charge in [-0.15, -0.1) is 0 Å². The van der Waals surface area contributed by atoms with E-state index in [-0.39, 0.29) is 0 Å². The monoisotopic (exact) mass is 802 g/mol. The lowest BCUT2D eigenvalue weighted by atomic mass is 9.64. The molecule has 0 spiro atoms. The highest BCUT2D eigenvalue weighted by Gasteiger charge is 2.47. The maximum atomic E-state index is 2.44. The molecule has 0 saturated carbocycles. The quantitative estimate of drug-likeness (QED) is 0.158. The van der Waals surface area contributed by atoms with E-state index in [2.05, 4.69) is 240 Å². The molecular weight excluding hydrogens is 761 g/mol. The molecule has 2 nitrogen and oxygen atoms in total. The second kappa shape index (κ2) is 14.1. The zero-order valence-corrected chi connectivity index (χ0v) is 34.7. The Balaban J connectivity index is 0.873. The van der Waals surface area contributed by atoms with Gasteiger partial charge in [-0.25, -0.2) is 0 Å². The Labute approximate surface area is 367 Å². The maximum Gasteiger partial charge on any atom is 0.0676 e. The number of rotatable bonds is 6. The second-order valence-corrected chi connectivity index (χ2v) is 17.1. The minimum atomic E-state index is -0.394. The lowest BCUT2D eigenvalue weighted by Gasteiger charge is -2.37. The van der Waals surface area contributed by atoms with Gasteiger partial charge >= 0.3 is 0 Å². The Morgan fingerprint density at radius 3 is 1.13 bits per heavy atom. The maximum absolute atomic E-state index is 2.44. The Morgan fingerprint density at radius 1 is 0.317 bits per heavy atom. The van der Waals surface area contributed by atoms with Gasteiger partial charge in [0, 0.05) is 32.9 Å². The van der Waals surface area contributed by atoms with Crippen molar-refractivity contribution in [2.75, 3.05) is 0 Å². The molecule has 0 bridgehead atoms. The van der Waals surface area contributed by atoms with Gasteiger partial charge in [-0.2, -0.15) is 0 Å². The van der Waals surface area contributed by atoms with E-state index in [1.807, 2.05) is 0 Å². The molecule has 2 aliphatic carbocycles. The first-order valence-corrected chi connectivity index (χ1v) is 22.1. The molecule has 0 amide bonds. The summed E-state index contributed by atoms with van der Waals surface area (Å²) in [6, 6.07) is 80.8. The van der Waals surface area contributed by atoms with E-state index in [0.29, 0.717) is 0 Å². The fourth-order valence-electron chi connectivity index (χ4n) is 11.2. The fourth-order valence-corrected chi connectivity index (χ4v) is 11.2. The number of fused-ring (bicyclic) bond motifs is 9. The van der Waals surface area contributed by atoms with Crippen LogP contribution in [-0.4, -0.2) is 9.13 Å². The Bertz CT molecular complexity index is 3500. The van der Waals surface area contributed by atoms with E-state index in [1.54, 1.807) is 0 Å². The number of aromatic nitrogens is 2. The predicted octanol–water partition coefficient (Wildman–Crippen LogP) is 15.7. The average molecular weight is 803 g/mol. The van der Waals surface area contributed by atoms with E-state index in [9.17, 15) is 0 Å². The Hall–Kier alpha value is -7.94. The Kier molecular flexibility index (Phi) is 7.98. The molecule has 2 heterocycles. The van der Waals surface area contributed by atoms with Gasteiger partial charge in [0.2, 0.25) is 0 Å². The van der Waals surface area contributed by atoms with Crippen molar-refractivity contribution in [2.24, 2.45) is 0 Å². The number of allylic oxidation sites excluding steroid dienone is 4. The Morgan fingerprint density at radius 2 is 0.698 bits per heavy atom. The van der Waals surface area contributed by atoms with Gasteiger partial charge in [0.15, 0.2) is 0 Å². The van der Waals surface area contributed by atoms with E-state index in [0.717, 1.165) is 12.8 Å². The zero-order valence-electron chi connectivity index (χ0n) is 34.7. The van der Waals surface area contributed by atoms with Crippen molar-refractivity contribution in [1.82, 2.24) is 9.13 Å². The van der Waals surface area contributed by atoms with Crippen LogP contribution < -0.4 is 0 Å². The first kappa shape index (κ1) is 35.8. The third-order valence-corrected chi connectivity index (χ3v) is 14.0. The van der Waals surface area contributed by atoms with Crippen molar-refractivity contribution in [3.05, 3.63) is 258 Å². The standard InChI is InChI=1S/C61H42N2/c1-7-19-55-49(13-1)50-14-2-8-20-56(50)61(55,45-33-25-41(26-34-45)43-29-37-47(38-30-43)62-57-21-9-3-15-51(57)52-16-4-10-22-58(52)62)46-35-27-42(28-36-46)44-31-39-48(40-32-44)63-59-23-11-5-17-53(59)54-18-6-12-24-60(54)63/h1-27,29-35,37-40H,28,36H2. The first-order valence-electron chi connectivity index (χ1n) is 22.1. The van der Waals surface area contributed by atoms with Crippen molar-refractivity contribution in [3.63, 3.8) is 0 Å². The summed E-state index contributed by atoms with van der Waals surface area (Å²) in [4.78, 5) is 0. The van der Waals surface area contributed by atoms with Crippen LogP contribution >= 0.6 is 0 Å². The lowest BCUT2D eigenvalue weighted by molar-refractivity contribution is 0.696. The molecule has 296 valence electrons. The fraction of sp³-hybridized carbons (Fsp3) is 0.0492. The molecule has 2 aromatic heterocycles.